The third-order valence-electron chi connectivity index (χ3n) is 4.54. The van der Waals surface area contributed by atoms with Gasteiger partial charge in [0.15, 0.2) is 6.29 Å². The molecular weight excluding hydrogens is 368 g/mol. The maximum absolute atomic E-state index is 11.3. The molecule has 11 heteroatoms. The Morgan fingerprint density at radius 1 is 1.15 bits per heavy atom. The number of aliphatic hydroxyl groups is 4. The van der Waals surface area contributed by atoms with Gasteiger partial charge in [0, 0.05) is 11.8 Å². The van der Waals surface area contributed by atoms with Gasteiger partial charge < -0.3 is 44.8 Å². The Morgan fingerprint density at radius 2 is 1.81 bits per heavy atom. The van der Waals surface area contributed by atoms with Crippen LogP contribution in [0.4, 0.5) is 0 Å². The lowest BCUT2D eigenvalue weighted by atomic mass is 9.81. The zero-order valence-corrected chi connectivity index (χ0v) is 14.1. The van der Waals surface area contributed by atoms with Gasteiger partial charge in [-0.15, -0.1) is 6.58 Å². The number of rotatable bonds is 7. The molecule has 0 aromatic heterocycles. The summed E-state index contributed by atoms with van der Waals surface area (Å²) in [5.74, 6) is -4.56. The molecule has 0 aromatic rings. The van der Waals surface area contributed by atoms with Crippen LogP contribution in [-0.4, -0.2) is 86.2 Å². The summed E-state index contributed by atoms with van der Waals surface area (Å²) in [5, 5.41) is 57.1. The van der Waals surface area contributed by atoms with Gasteiger partial charge in [-0.3, -0.25) is 4.79 Å². The molecule has 1 saturated heterocycles. The molecule has 27 heavy (non-hydrogen) atoms. The molecule has 8 atom stereocenters. The highest BCUT2D eigenvalue weighted by Gasteiger charge is 2.47. The molecule has 0 amide bonds. The molecule has 0 radical (unpaired) electrons. The number of carbonyl (C=O) groups is 2. The second-order valence-electron chi connectivity index (χ2n) is 6.23. The van der Waals surface area contributed by atoms with Gasteiger partial charge in [0.25, 0.3) is 0 Å². The molecule has 0 bridgehead atoms. The van der Waals surface area contributed by atoms with E-state index in [-0.39, 0.29) is 5.57 Å². The highest BCUT2D eigenvalue weighted by Crippen LogP contribution is 2.36. The molecule has 1 fully saturated rings. The van der Waals surface area contributed by atoms with Crippen LogP contribution in [-0.2, 0) is 23.8 Å². The van der Waals surface area contributed by atoms with Crippen molar-refractivity contribution in [1.29, 1.82) is 0 Å². The largest absolute Gasteiger partial charge is 0.481 e. The molecule has 0 aromatic carbocycles. The minimum atomic E-state index is -1.69. The fourth-order valence-electron chi connectivity index (χ4n) is 3.07. The molecule has 2 aliphatic rings. The van der Waals surface area contributed by atoms with Gasteiger partial charge in [-0.1, -0.05) is 6.08 Å². The van der Waals surface area contributed by atoms with Gasteiger partial charge in [-0.2, -0.15) is 0 Å². The van der Waals surface area contributed by atoms with Gasteiger partial charge in [-0.25, -0.2) is 4.79 Å². The second-order valence-corrected chi connectivity index (χ2v) is 6.23. The van der Waals surface area contributed by atoms with E-state index in [2.05, 4.69) is 6.58 Å². The van der Waals surface area contributed by atoms with Crippen molar-refractivity contribution in [3.63, 3.8) is 0 Å². The molecular formula is C16H22O11. The summed E-state index contributed by atoms with van der Waals surface area (Å²) >= 11 is 0. The monoisotopic (exact) mass is 390 g/mol. The Hall–Kier alpha value is -2.02. The molecule has 2 aliphatic heterocycles. The standard InChI is InChI=1S/C16H22O11/c1-2-6-7(3-10(18)19)8(14(23)24)5-25-15(6)27-16-13(22)12(21)11(20)9(4-17)26-16/h2,5-7,9,11-13,15-17,20-22H,1,3-4H2,(H,18,19)(H,23,24)/t6-,7+,9+,11+,12-,13+,15-,16-/m1/s1. The Morgan fingerprint density at radius 3 is 2.33 bits per heavy atom. The number of ether oxygens (including phenoxy) is 3. The molecule has 2 rings (SSSR count). The highest BCUT2D eigenvalue weighted by atomic mass is 16.8. The normalized spacial score (nSPS) is 39.2. The van der Waals surface area contributed by atoms with Crippen molar-refractivity contribution < 1.29 is 54.4 Å². The van der Waals surface area contributed by atoms with Crippen LogP contribution in [0.25, 0.3) is 0 Å². The van der Waals surface area contributed by atoms with Gasteiger partial charge in [0.05, 0.1) is 24.9 Å². The topological polar surface area (TPSA) is 183 Å². The Bertz CT molecular complexity index is 601. The second kappa shape index (κ2) is 8.78. The van der Waals surface area contributed by atoms with Gasteiger partial charge in [0.2, 0.25) is 6.29 Å². The quantitative estimate of drug-likeness (QED) is 0.265. The number of aliphatic carboxylic acids is 2. The molecule has 11 nitrogen and oxygen atoms in total. The number of aliphatic hydroxyl groups excluding tert-OH is 4. The fraction of sp³-hybridized carbons (Fsp3) is 0.625. The molecule has 0 unspecified atom stereocenters. The van der Waals surface area contributed by atoms with Crippen molar-refractivity contribution in [2.24, 2.45) is 11.8 Å². The molecule has 0 spiro atoms. The lowest BCUT2D eigenvalue weighted by Crippen LogP contribution is -2.60. The van der Waals surface area contributed by atoms with Crippen LogP contribution in [0.2, 0.25) is 0 Å². The van der Waals surface area contributed by atoms with E-state index >= 15 is 0 Å². The molecule has 152 valence electrons. The molecule has 2 heterocycles. The van der Waals surface area contributed by atoms with E-state index in [1.807, 2.05) is 0 Å². The first-order chi connectivity index (χ1) is 12.7. The maximum Gasteiger partial charge on any atom is 0.335 e. The maximum atomic E-state index is 11.3. The smallest absolute Gasteiger partial charge is 0.335 e. The Balaban J connectivity index is 2.23. The van der Waals surface area contributed by atoms with Crippen LogP contribution in [0.3, 0.4) is 0 Å². The molecule has 0 aliphatic carbocycles. The Kier molecular flexibility index (Phi) is 6.92. The van der Waals surface area contributed by atoms with E-state index in [0.717, 1.165) is 6.26 Å². The van der Waals surface area contributed by atoms with E-state index in [1.54, 1.807) is 0 Å². The minimum absolute atomic E-state index is 0.282. The van der Waals surface area contributed by atoms with Gasteiger partial charge in [0.1, 0.15) is 24.4 Å². The van der Waals surface area contributed by atoms with Gasteiger partial charge in [-0.05, 0) is 0 Å². The third-order valence-corrected chi connectivity index (χ3v) is 4.54. The van der Waals surface area contributed by atoms with E-state index in [0.29, 0.717) is 0 Å². The van der Waals surface area contributed by atoms with Gasteiger partial charge >= 0.3 is 11.9 Å². The van der Waals surface area contributed by atoms with E-state index in [1.165, 1.54) is 6.08 Å². The van der Waals surface area contributed by atoms with Crippen LogP contribution in [0.15, 0.2) is 24.5 Å². The first-order valence-electron chi connectivity index (χ1n) is 8.10. The lowest BCUT2D eigenvalue weighted by Gasteiger charge is -2.42. The molecule has 6 N–H and O–H groups in total. The van der Waals surface area contributed by atoms with Crippen molar-refractivity contribution in [3.05, 3.63) is 24.5 Å². The summed E-state index contributed by atoms with van der Waals surface area (Å²) in [7, 11) is 0. The van der Waals surface area contributed by atoms with Crippen molar-refractivity contribution >= 4 is 11.9 Å². The van der Waals surface area contributed by atoms with Crippen molar-refractivity contribution in [2.45, 2.75) is 43.4 Å². The average Bonchev–Trinajstić information content (AvgIpc) is 2.61. The Labute approximate surface area is 153 Å². The zero-order chi connectivity index (χ0) is 20.3. The van der Waals surface area contributed by atoms with E-state index in [4.69, 9.17) is 19.3 Å². The fourth-order valence-corrected chi connectivity index (χ4v) is 3.07. The van der Waals surface area contributed by atoms with Crippen LogP contribution < -0.4 is 0 Å². The van der Waals surface area contributed by atoms with E-state index in [9.17, 15) is 35.1 Å². The first kappa shape index (κ1) is 21.3. The van der Waals surface area contributed by atoms with Crippen LogP contribution in [0.1, 0.15) is 6.42 Å². The predicted octanol–water partition coefficient (Wildman–Crippen LogP) is -1.98. The summed E-state index contributed by atoms with van der Waals surface area (Å²) in [6, 6.07) is 0. The zero-order valence-electron chi connectivity index (χ0n) is 14.1. The number of hydrogen-bond acceptors (Lipinski definition) is 9. The number of carboxylic acid groups (broad SMARTS) is 2. The summed E-state index contributed by atoms with van der Waals surface area (Å²) in [6.45, 7) is 2.89. The SMILES string of the molecule is C=C[C@H]1[C@@H](O[C@H]2O[C@@H](CO)[C@H](O)[C@@H](O)[C@@H]2O)OC=C(C(=O)O)[C@H]1CC(=O)O. The van der Waals surface area contributed by atoms with Crippen molar-refractivity contribution in [3.8, 4) is 0 Å². The van der Waals surface area contributed by atoms with Crippen LogP contribution >= 0.6 is 0 Å². The first-order valence-corrected chi connectivity index (χ1v) is 8.10. The highest BCUT2D eigenvalue weighted by molar-refractivity contribution is 5.88. The minimum Gasteiger partial charge on any atom is -0.481 e. The average molecular weight is 390 g/mol. The van der Waals surface area contributed by atoms with Crippen LogP contribution in [0.5, 0.6) is 0 Å². The van der Waals surface area contributed by atoms with E-state index < -0.39 is 73.8 Å². The summed E-state index contributed by atoms with van der Waals surface area (Å²) in [5.41, 5.74) is -0.282. The third kappa shape index (κ3) is 4.46. The van der Waals surface area contributed by atoms with Crippen molar-refractivity contribution in [2.75, 3.05) is 6.61 Å². The summed E-state index contributed by atoms with van der Waals surface area (Å²) < 4.78 is 15.9. The number of hydrogen-bond donors (Lipinski definition) is 6. The summed E-state index contributed by atoms with van der Waals surface area (Å²) in [6.07, 6.45) is -7.39. The van der Waals surface area contributed by atoms with Crippen molar-refractivity contribution in [1.82, 2.24) is 0 Å². The molecule has 0 saturated carbocycles. The predicted molar refractivity (Wildman–Crippen MR) is 84.9 cm³/mol. The summed E-state index contributed by atoms with van der Waals surface area (Å²) in [4.78, 5) is 22.5. The van der Waals surface area contributed by atoms with Crippen LogP contribution in [0, 0.1) is 11.8 Å². The lowest BCUT2D eigenvalue weighted by molar-refractivity contribution is -0.339. The number of carboxylic acids is 2.